The molecule has 0 saturated heterocycles. The van der Waals surface area contributed by atoms with Gasteiger partial charge in [-0.3, -0.25) is 4.79 Å². The third-order valence-electron chi connectivity index (χ3n) is 3.59. The Kier molecular flexibility index (Phi) is 4.11. The van der Waals surface area contributed by atoms with Gasteiger partial charge in [-0.1, -0.05) is 12.8 Å². The highest BCUT2D eigenvalue weighted by molar-refractivity contribution is 8.00. The van der Waals surface area contributed by atoms with E-state index < -0.39 is 5.91 Å². The number of nitrogens with one attached hydrogen (secondary N) is 1. The zero-order chi connectivity index (χ0) is 13.0. The number of anilines is 1. The van der Waals surface area contributed by atoms with E-state index in [0.717, 1.165) is 12.4 Å². The minimum atomic E-state index is -0.439. The average Bonchev–Trinajstić information content (AvgIpc) is 2.86. The van der Waals surface area contributed by atoms with E-state index in [-0.39, 0.29) is 0 Å². The normalized spacial score (nSPS) is 17.6. The highest BCUT2D eigenvalue weighted by Crippen LogP contribution is 2.40. The monoisotopic (exact) mass is 265 g/mol. The van der Waals surface area contributed by atoms with E-state index in [4.69, 9.17) is 5.73 Å². The molecule has 1 heterocycles. The van der Waals surface area contributed by atoms with Gasteiger partial charge in [-0.25, -0.2) is 4.98 Å². The van der Waals surface area contributed by atoms with E-state index in [2.05, 4.69) is 16.6 Å². The van der Waals surface area contributed by atoms with E-state index in [1.807, 2.05) is 17.8 Å². The number of hydrogen-bond acceptors (Lipinski definition) is 4. The Morgan fingerprint density at radius 1 is 1.50 bits per heavy atom. The topological polar surface area (TPSA) is 68.0 Å². The molecule has 1 aliphatic rings. The molecule has 0 unspecified atom stereocenters. The van der Waals surface area contributed by atoms with Crippen LogP contribution in [0.2, 0.25) is 0 Å². The van der Waals surface area contributed by atoms with Gasteiger partial charge < -0.3 is 11.1 Å². The maximum atomic E-state index is 10.9. The summed E-state index contributed by atoms with van der Waals surface area (Å²) in [6.45, 7) is 0.928. The number of pyridine rings is 1. The molecule has 0 aliphatic heterocycles. The van der Waals surface area contributed by atoms with Crippen molar-refractivity contribution in [3.63, 3.8) is 0 Å². The molecular formula is C13H19N3OS. The summed E-state index contributed by atoms with van der Waals surface area (Å²) in [6.07, 6.45) is 8.86. The zero-order valence-electron chi connectivity index (χ0n) is 10.6. The van der Waals surface area contributed by atoms with Crippen molar-refractivity contribution in [2.24, 2.45) is 5.73 Å². The van der Waals surface area contributed by atoms with Crippen LogP contribution in [0.25, 0.3) is 0 Å². The lowest BCUT2D eigenvalue weighted by molar-refractivity contribution is 0.1000. The van der Waals surface area contributed by atoms with E-state index in [1.165, 1.54) is 31.9 Å². The van der Waals surface area contributed by atoms with Gasteiger partial charge in [0, 0.05) is 17.5 Å². The molecule has 0 spiro atoms. The van der Waals surface area contributed by atoms with Gasteiger partial charge in [0.25, 0.3) is 0 Å². The van der Waals surface area contributed by atoms with Crippen molar-refractivity contribution < 1.29 is 4.79 Å². The molecule has 1 fully saturated rings. The van der Waals surface area contributed by atoms with Crippen molar-refractivity contribution in [3.8, 4) is 0 Å². The second-order valence-electron chi connectivity index (χ2n) is 4.74. The fourth-order valence-electron chi connectivity index (χ4n) is 2.37. The van der Waals surface area contributed by atoms with Crippen LogP contribution in [-0.4, -0.2) is 28.4 Å². The lowest BCUT2D eigenvalue weighted by Crippen LogP contribution is -2.30. The standard InChI is InChI=1S/C13H19N3OS/c1-18-13(6-2-3-7-13)9-16-11-5-4-10(8-15-11)12(14)17/h4-5,8H,2-3,6-7,9H2,1H3,(H2,14,17)(H,15,16). The average molecular weight is 265 g/mol. The van der Waals surface area contributed by atoms with Crippen molar-refractivity contribution >= 4 is 23.5 Å². The largest absolute Gasteiger partial charge is 0.369 e. The second-order valence-corrected chi connectivity index (χ2v) is 6.02. The summed E-state index contributed by atoms with van der Waals surface area (Å²) in [6, 6.07) is 3.52. The molecule has 18 heavy (non-hydrogen) atoms. The molecule has 1 aromatic rings. The van der Waals surface area contributed by atoms with Crippen LogP contribution in [0.1, 0.15) is 36.0 Å². The number of carbonyl (C=O) groups excluding carboxylic acids is 1. The number of thioether (sulfide) groups is 1. The number of nitrogens with zero attached hydrogens (tertiary/aromatic N) is 1. The first-order chi connectivity index (χ1) is 8.65. The number of primary amides is 1. The van der Waals surface area contributed by atoms with Crippen LogP contribution in [0, 0.1) is 0 Å². The Balaban J connectivity index is 1.95. The Labute approximate surface area is 112 Å². The van der Waals surface area contributed by atoms with Gasteiger partial charge in [0.1, 0.15) is 5.82 Å². The molecule has 0 radical (unpaired) electrons. The summed E-state index contributed by atoms with van der Waals surface area (Å²) in [7, 11) is 0. The summed E-state index contributed by atoms with van der Waals surface area (Å²) in [5.74, 6) is 0.366. The fraction of sp³-hybridized carbons (Fsp3) is 0.538. The summed E-state index contributed by atoms with van der Waals surface area (Å²) in [5.41, 5.74) is 5.62. The number of amides is 1. The predicted molar refractivity (Wildman–Crippen MR) is 76.0 cm³/mol. The number of hydrogen-bond donors (Lipinski definition) is 2. The lowest BCUT2D eigenvalue weighted by atomic mass is 10.1. The quantitative estimate of drug-likeness (QED) is 0.857. The highest BCUT2D eigenvalue weighted by atomic mass is 32.2. The van der Waals surface area contributed by atoms with E-state index in [9.17, 15) is 4.79 Å². The van der Waals surface area contributed by atoms with Gasteiger partial charge in [-0.05, 0) is 31.2 Å². The van der Waals surface area contributed by atoms with Crippen molar-refractivity contribution in [2.45, 2.75) is 30.4 Å². The molecule has 1 aliphatic carbocycles. The number of aromatic nitrogens is 1. The number of nitrogens with two attached hydrogens (primary N) is 1. The van der Waals surface area contributed by atoms with Crippen LogP contribution in [-0.2, 0) is 0 Å². The Morgan fingerprint density at radius 3 is 2.72 bits per heavy atom. The van der Waals surface area contributed by atoms with Crippen LogP contribution in [0.5, 0.6) is 0 Å². The molecular weight excluding hydrogens is 246 g/mol. The van der Waals surface area contributed by atoms with Crippen LogP contribution < -0.4 is 11.1 Å². The third kappa shape index (κ3) is 2.96. The number of carbonyl (C=O) groups is 1. The highest BCUT2D eigenvalue weighted by Gasteiger charge is 2.32. The Hall–Kier alpha value is -1.23. The summed E-state index contributed by atoms with van der Waals surface area (Å²) >= 11 is 1.94. The first-order valence-corrected chi connectivity index (χ1v) is 7.43. The summed E-state index contributed by atoms with van der Waals surface area (Å²) in [4.78, 5) is 15.1. The van der Waals surface area contributed by atoms with Gasteiger partial charge in [0.2, 0.25) is 5.91 Å². The summed E-state index contributed by atoms with van der Waals surface area (Å²) < 4.78 is 0.351. The van der Waals surface area contributed by atoms with Gasteiger partial charge in [0.15, 0.2) is 0 Å². The van der Waals surface area contributed by atoms with E-state index >= 15 is 0 Å². The molecule has 3 N–H and O–H groups in total. The van der Waals surface area contributed by atoms with Gasteiger partial charge in [-0.2, -0.15) is 11.8 Å². The SMILES string of the molecule is CSC1(CNc2ccc(C(N)=O)cn2)CCCC1. The van der Waals surface area contributed by atoms with Crippen molar-refractivity contribution in [1.29, 1.82) is 0 Å². The molecule has 0 aromatic carbocycles. The van der Waals surface area contributed by atoms with E-state index in [0.29, 0.717) is 10.3 Å². The van der Waals surface area contributed by atoms with Crippen molar-refractivity contribution in [3.05, 3.63) is 23.9 Å². The van der Waals surface area contributed by atoms with Crippen LogP contribution in [0.3, 0.4) is 0 Å². The second kappa shape index (κ2) is 5.61. The third-order valence-corrected chi connectivity index (χ3v) is 5.01. The first kappa shape index (κ1) is 13.2. The molecule has 0 bridgehead atoms. The zero-order valence-corrected chi connectivity index (χ0v) is 11.4. The molecule has 1 amide bonds. The molecule has 1 aromatic heterocycles. The first-order valence-electron chi connectivity index (χ1n) is 6.20. The lowest BCUT2D eigenvalue weighted by Gasteiger charge is -2.27. The molecule has 1 saturated carbocycles. The molecule has 98 valence electrons. The Bertz CT molecular complexity index is 413. The van der Waals surface area contributed by atoms with Crippen LogP contribution >= 0.6 is 11.8 Å². The minimum Gasteiger partial charge on any atom is -0.369 e. The molecule has 2 rings (SSSR count). The van der Waals surface area contributed by atoms with Crippen LogP contribution in [0.4, 0.5) is 5.82 Å². The van der Waals surface area contributed by atoms with Crippen molar-refractivity contribution in [1.82, 2.24) is 4.98 Å². The Morgan fingerprint density at radius 2 is 2.22 bits per heavy atom. The molecule has 0 atom stereocenters. The number of rotatable bonds is 5. The smallest absolute Gasteiger partial charge is 0.250 e. The summed E-state index contributed by atoms with van der Waals surface area (Å²) in [5, 5.41) is 3.36. The maximum absolute atomic E-state index is 10.9. The predicted octanol–water partition coefficient (Wildman–Crippen LogP) is 2.27. The van der Waals surface area contributed by atoms with E-state index in [1.54, 1.807) is 6.07 Å². The van der Waals surface area contributed by atoms with Crippen molar-refractivity contribution in [2.75, 3.05) is 18.1 Å². The van der Waals surface area contributed by atoms with Gasteiger partial charge in [-0.15, -0.1) is 0 Å². The van der Waals surface area contributed by atoms with Crippen LogP contribution in [0.15, 0.2) is 18.3 Å². The van der Waals surface area contributed by atoms with Gasteiger partial charge in [0.05, 0.1) is 5.56 Å². The van der Waals surface area contributed by atoms with Gasteiger partial charge >= 0.3 is 0 Å². The minimum absolute atomic E-state index is 0.351. The molecule has 5 heteroatoms. The maximum Gasteiger partial charge on any atom is 0.250 e. The molecule has 4 nitrogen and oxygen atoms in total. The fourth-order valence-corrected chi connectivity index (χ4v) is 3.28.